The first kappa shape index (κ1) is 14.4. The molecule has 0 bridgehead atoms. The van der Waals surface area contributed by atoms with E-state index in [4.69, 9.17) is 10.2 Å². The topological polar surface area (TPSA) is 86.2 Å². The van der Waals surface area contributed by atoms with Crippen molar-refractivity contribution in [1.82, 2.24) is 4.98 Å². The highest BCUT2D eigenvalue weighted by molar-refractivity contribution is 7.91. The Hall–Kier alpha value is -1.56. The number of aromatic nitrogens is 1. The number of sulfone groups is 1. The Bertz CT molecular complexity index is 751. The van der Waals surface area contributed by atoms with E-state index in [0.717, 1.165) is 25.7 Å². The van der Waals surface area contributed by atoms with Crippen molar-refractivity contribution in [3.05, 3.63) is 18.2 Å². The minimum Gasteiger partial charge on any atom is -0.428 e. The fourth-order valence-electron chi connectivity index (χ4n) is 3.22. The number of fused-ring (bicyclic) bond motifs is 1. The van der Waals surface area contributed by atoms with E-state index in [1.165, 1.54) is 0 Å². The van der Waals surface area contributed by atoms with Gasteiger partial charge in [0.1, 0.15) is 5.52 Å². The molecule has 1 aromatic carbocycles. The van der Waals surface area contributed by atoms with Gasteiger partial charge in [-0.05, 0) is 37.0 Å². The molecule has 1 aliphatic carbocycles. The van der Waals surface area contributed by atoms with E-state index in [9.17, 15) is 8.42 Å². The summed E-state index contributed by atoms with van der Waals surface area (Å²) in [5.74, 6) is 0.198. The van der Waals surface area contributed by atoms with E-state index in [1.54, 1.807) is 18.2 Å². The smallest absolute Gasteiger partial charge is 0.316 e. The van der Waals surface area contributed by atoms with Crippen molar-refractivity contribution in [3.8, 4) is 0 Å². The summed E-state index contributed by atoms with van der Waals surface area (Å²) >= 11 is 0. The summed E-state index contributed by atoms with van der Waals surface area (Å²) in [6, 6.07) is 4.98. The molecule has 2 atom stereocenters. The van der Waals surface area contributed by atoms with Crippen LogP contribution in [-0.4, -0.2) is 18.7 Å². The van der Waals surface area contributed by atoms with Crippen LogP contribution in [0.2, 0.25) is 0 Å². The average molecular weight is 308 g/mol. The van der Waals surface area contributed by atoms with Crippen LogP contribution < -0.4 is 5.73 Å². The van der Waals surface area contributed by atoms with Crippen LogP contribution in [0.3, 0.4) is 0 Å². The Morgan fingerprint density at radius 3 is 2.86 bits per heavy atom. The van der Waals surface area contributed by atoms with E-state index in [1.807, 2.05) is 6.92 Å². The number of oxazole rings is 1. The predicted octanol–water partition coefficient (Wildman–Crippen LogP) is 3.15. The SMILES string of the molecule is CCC1CCCCC1S(=O)(=O)c1nc2cc(N)ccc2o1. The van der Waals surface area contributed by atoms with Crippen LogP contribution in [0.5, 0.6) is 0 Å². The summed E-state index contributed by atoms with van der Waals surface area (Å²) in [5, 5.41) is -0.532. The molecule has 114 valence electrons. The number of anilines is 1. The van der Waals surface area contributed by atoms with Crippen LogP contribution in [0.15, 0.2) is 27.8 Å². The maximum Gasteiger partial charge on any atom is 0.316 e. The molecule has 0 spiro atoms. The molecule has 5 nitrogen and oxygen atoms in total. The van der Waals surface area contributed by atoms with Crippen LogP contribution in [0.1, 0.15) is 39.0 Å². The Morgan fingerprint density at radius 2 is 2.10 bits per heavy atom. The number of nitrogens with zero attached hydrogens (tertiary/aromatic N) is 1. The number of nitrogens with two attached hydrogens (primary N) is 1. The van der Waals surface area contributed by atoms with Crippen molar-refractivity contribution in [3.63, 3.8) is 0 Å². The molecule has 2 aromatic rings. The van der Waals surface area contributed by atoms with Gasteiger partial charge in [-0.2, -0.15) is 4.98 Å². The van der Waals surface area contributed by atoms with E-state index < -0.39 is 9.84 Å². The lowest BCUT2D eigenvalue weighted by molar-refractivity contribution is 0.340. The van der Waals surface area contributed by atoms with E-state index in [-0.39, 0.29) is 16.4 Å². The van der Waals surface area contributed by atoms with Gasteiger partial charge in [-0.3, -0.25) is 0 Å². The van der Waals surface area contributed by atoms with Gasteiger partial charge in [0.25, 0.3) is 0 Å². The van der Waals surface area contributed by atoms with E-state index >= 15 is 0 Å². The monoisotopic (exact) mass is 308 g/mol. The van der Waals surface area contributed by atoms with Crippen molar-refractivity contribution in [1.29, 1.82) is 0 Å². The Labute approximate surface area is 124 Å². The Morgan fingerprint density at radius 1 is 1.33 bits per heavy atom. The standard InChI is InChI=1S/C15H20N2O3S/c1-2-10-5-3-4-6-14(10)21(18,19)15-17-12-9-11(16)7-8-13(12)20-15/h7-10,14H,2-6,16H2,1H3. The zero-order valence-corrected chi connectivity index (χ0v) is 12.9. The predicted molar refractivity (Wildman–Crippen MR) is 81.6 cm³/mol. The molecule has 0 radical (unpaired) electrons. The number of rotatable bonds is 3. The minimum absolute atomic E-state index is 0.159. The van der Waals surface area contributed by atoms with Gasteiger partial charge in [-0.15, -0.1) is 0 Å². The third-order valence-electron chi connectivity index (χ3n) is 4.40. The fraction of sp³-hybridized carbons (Fsp3) is 0.533. The molecule has 1 saturated carbocycles. The summed E-state index contributed by atoms with van der Waals surface area (Å²) < 4.78 is 31.1. The van der Waals surface area contributed by atoms with Crippen LogP contribution in [0, 0.1) is 5.92 Å². The average Bonchev–Trinajstić information content (AvgIpc) is 2.91. The second kappa shape index (κ2) is 5.33. The summed E-state index contributed by atoms with van der Waals surface area (Å²) in [6.07, 6.45) is 4.59. The molecular formula is C15H20N2O3S. The number of hydrogen-bond acceptors (Lipinski definition) is 5. The van der Waals surface area contributed by atoms with Crippen molar-refractivity contribution < 1.29 is 12.8 Å². The second-order valence-corrected chi connectivity index (χ2v) is 7.79. The lowest BCUT2D eigenvalue weighted by Gasteiger charge is -2.29. The lowest BCUT2D eigenvalue weighted by Crippen LogP contribution is -2.32. The van der Waals surface area contributed by atoms with Gasteiger partial charge >= 0.3 is 5.22 Å². The summed E-state index contributed by atoms with van der Waals surface area (Å²) in [7, 11) is -3.52. The first-order valence-corrected chi connectivity index (χ1v) is 8.97. The van der Waals surface area contributed by atoms with E-state index in [0.29, 0.717) is 23.2 Å². The zero-order chi connectivity index (χ0) is 15.0. The molecule has 21 heavy (non-hydrogen) atoms. The minimum atomic E-state index is -3.52. The Balaban J connectivity index is 2.02. The normalized spacial score (nSPS) is 23.5. The van der Waals surface area contributed by atoms with Gasteiger partial charge in [0.05, 0.1) is 5.25 Å². The van der Waals surface area contributed by atoms with Crippen molar-refractivity contribution in [2.75, 3.05) is 5.73 Å². The molecule has 3 rings (SSSR count). The number of hydrogen-bond donors (Lipinski definition) is 1. The molecule has 1 aliphatic rings. The Kier molecular flexibility index (Phi) is 3.65. The molecule has 6 heteroatoms. The van der Waals surface area contributed by atoms with Gasteiger partial charge in [-0.25, -0.2) is 8.42 Å². The molecular weight excluding hydrogens is 288 g/mol. The molecule has 0 aliphatic heterocycles. The summed E-state index contributed by atoms with van der Waals surface area (Å²) in [5.41, 5.74) is 7.20. The quantitative estimate of drug-likeness (QED) is 0.880. The largest absolute Gasteiger partial charge is 0.428 e. The van der Waals surface area contributed by atoms with Gasteiger partial charge in [-0.1, -0.05) is 26.2 Å². The lowest BCUT2D eigenvalue weighted by atomic mass is 9.87. The molecule has 1 fully saturated rings. The van der Waals surface area contributed by atoms with E-state index in [2.05, 4.69) is 4.98 Å². The third-order valence-corrected chi connectivity index (χ3v) is 6.48. The number of benzene rings is 1. The fourth-order valence-corrected chi connectivity index (χ4v) is 5.23. The number of nitrogen functional groups attached to an aromatic ring is 1. The van der Waals surface area contributed by atoms with Crippen LogP contribution in [0.25, 0.3) is 11.1 Å². The molecule has 2 unspecified atom stereocenters. The molecule has 2 N–H and O–H groups in total. The molecule has 1 heterocycles. The van der Waals surface area contributed by atoms with Crippen LogP contribution >= 0.6 is 0 Å². The highest BCUT2D eigenvalue weighted by atomic mass is 32.2. The summed E-state index contributed by atoms with van der Waals surface area (Å²) in [4.78, 5) is 4.15. The third kappa shape index (κ3) is 2.52. The second-order valence-electron chi connectivity index (χ2n) is 5.74. The van der Waals surface area contributed by atoms with Crippen molar-refractivity contribution in [2.24, 2.45) is 5.92 Å². The maximum atomic E-state index is 12.8. The van der Waals surface area contributed by atoms with Crippen molar-refractivity contribution >= 4 is 26.6 Å². The highest BCUT2D eigenvalue weighted by Gasteiger charge is 2.38. The van der Waals surface area contributed by atoms with Gasteiger partial charge in [0.15, 0.2) is 5.58 Å². The van der Waals surface area contributed by atoms with Crippen LogP contribution in [-0.2, 0) is 9.84 Å². The first-order chi connectivity index (χ1) is 10.0. The van der Waals surface area contributed by atoms with Gasteiger partial charge in [0.2, 0.25) is 9.84 Å². The van der Waals surface area contributed by atoms with Crippen molar-refractivity contribution in [2.45, 2.75) is 49.5 Å². The molecule has 1 aromatic heterocycles. The summed E-state index contributed by atoms with van der Waals surface area (Å²) in [6.45, 7) is 2.05. The van der Waals surface area contributed by atoms with Gasteiger partial charge in [0, 0.05) is 5.69 Å². The highest BCUT2D eigenvalue weighted by Crippen LogP contribution is 2.35. The zero-order valence-electron chi connectivity index (χ0n) is 12.1. The maximum absolute atomic E-state index is 12.8. The first-order valence-electron chi connectivity index (χ1n) is 7.42. The van der Waals surface area contributed by atoms with Crippen LogP contribution in [0.4, 0.5) is 5.69 Å². The van der Waals surface area contributed by atoms with Gasteiger partial charge < -0.3 is 10.2 Å². The molecule has 0 amide bonds. The molecule has 0 saturated heterocycles.